The van der Waals surface area contributed by atoms with Gasteiger partial charge in [0.25, 0.3) is 0 Å². The van der Waals surface area contributed by atoms with Gasteiger partial charge in [-0.1, -0.05) is 155 Å². The smallest absolute Gasteiger partial charge is 0.497 e. The van der Waals surface area contributed by atoms with Gasteiger partial charge in [0.1, 0.15) is 0 Å². The number of rotatable bonds is 5. The van der Waals surface area contributed by atoms with Crippen molar-refractivity contribution >= 4 is 54.8 Å². The fraction of sp³-hybridized carbons (Fsp3) is 0. The average molecular weight is 873 g/mol. The maximum Gasteiger partial charge on any atom is 2.00 e. The normalized spacial score (nSPS) is 11.6. The van der Waals surface area contributed by atoms with Crippen LogP contribution in [-0.2, 0) is 21.1 Å². The summed E-state index contributed by atoms with van der Waals surface area (Å²) in [6.45, 7) is 0. The summed E-state index contributed by atoms with van der Waals surface area (Å²) < 4.78 is 11.0. The Morgan fingerprint density at radius 1 is 0.481 bits per heavy atom. The van der Waals surface area contributed by atoms with Crippen LogP contribution in [0.3, 0.4) is 0 Å². The van der Waals surface area contributed by atoms with Crippen molar-refractivity contribution in [3.05, 3.63) is 176 Å². The molecule has 7 heteroatoms. The molecule has 0 amide bonds. The van der Waals surface area contributed by atoms with Crippen molar-refractivity contribution in [1.29, 1.82) is 0 Å². The molecule has 0 aliphatic rings. The molecule has 0 aliphatic heterocycles. The van der Waals surface area contributed by atoms with Gasteiger partial charge in [-0.25, -0.2) is 0 Å². The van der Waals surface area contributed by atoms with E-state index in [1.54, 1.807) is 0 Å². The van der Waals surface area contributed by atoms with Crippen molar-refractivity contribution < 1.29 is 25.8 Å². The summed E-state index contributed by atoms with van der Waals surface area (Å²) in [5.74, 6) is 1.13. The zero-order valence-electron chi connectivity index (χ0n) is 28.5. The third kappa shape index (κ3) is 4.95. The van der Waals surface area contributed by atoms with Crippen molar-refractivity contribution in [2.24, 2.45) is 0 Å². The van der Waals surface area contributed by atoms with Crippen molar-refractivity contribution in [2.75, 3.05) is 0 Å². The maximum absolute atomic E-state index is 6.61. The molecule has 256 valence electrons. The molecule has 5 aromatic heterocycles. The van der Waals surface area contributed by atoms with Gasteiger partial charge >= 0.3 is 21.1 Å². The molecule has 0 unspecified atom stereocenters. The standard InChI is InChI=1S/C47H27N5O.Pt/c1-4-13-30(14-5-1)42-29-49-46-39-28-34(23-25-37(39)44-41(51(42)46)21-12-26-48-44)53-33-22-24-35-36-19-10-11-20-40(36)52-45(32-17-8-3-9-18-32)43(31-15-6-2-7-16-31)50-47(52)38(35)27-33;/h1-26,29H;/q-2;+2. The van der Waals surface area contributed by atoms with E-state index < -0.39 is 0 Å². The number of hydrogen-bond acceptors (Lipinski definition) is 4. The summed E-state index contributed by atoms with van der Waals surface area (Å²) >= 11 is 0. The van der Waals surface area contributed by atoms with Crippen LogP contribution in [0.15, 0.2) is 164 Å². The van der Waals surface area contributed by atoms with Gasteiger partial charge < -0.3 is 13.5 Å². The first kappa shape index (κ1) is 32.1. The Labute approximate surface area is 324 Å². The second-order valence-corrected chi connectivity index (χ2v) is 13.1. The molecule has 11 aromatic rings. The molecule has 0 fully saturated rings. The van der Waals surface area contributed by atoms with E-state index in [4.69, 9.17) is 19.7 Å². The summed E-state index contributed by atoms with van der Waals surface area (Å²) in [7, 11) is 0. The second kappa shape index (κ2) is 12.8. The van der Waals surface area contributed by atoms with Gasteiger partial charge in [0.05, 0.1) is 39.4 Å². The van der Waals surface area contributed by atoms with Crippen LogP contribution in [0.1, 0.15) is 0 Å². The van der Waals surface area contributed by atoms with Gasteiger partial charge in [-0.3, -0.25) is 15.0 Å². The van der Waals surface area contributed by atoms with E-state index in [-0.39, 0.29) is 21.1 Å². The number of pyridine rings is 3. The summed E-state index contributed by atoms with van der Waals surface area (Å²) in [6, 6.07) is 59.0. The van der Waals surface area contributed by atoms with Crippen LogP contribution in [0.25, 0.3) is 88.5 Å². The number of aromatic nitrogens is 5. The Hall–Kier alpha value is -6.62. The van der Waals surface area contributed by atoms with Gasteiger partial charge in [0.2, 0.25) is 0 Å². The van der Waals surface area contributed by atoms with E-state index in [1.165, 1.54) is 0 Å². The number of hydrogen-bond donors (Lipinski definition) is 0. The van der Waals surface area contributed by atoms with Crippen LogP contribution in [0.5, 0.6) is 11.5 Å². The van der Waals surface area contributed by atoms with E-state index >= 15 is 0 Å². The molecule has 54 heavy (non-hydrogen) atoms. The summed E-state index contributed by atoms with van der Waals surface area (Å²) in [4.78, 5) is 15.1. The zero-order chi connectivity index (χ0) is 34.9. The average Bonchev–Trinajstić information content (AvgIpc) is 3.86. The number of nitrogens with zero attached hydrogens (tertiary/aromatic N) is 5. The zero-order valence-corrected chi connectivity index (χ0v) is 30.8. The molecule has 0 atom stereocenters. The minimum Gasteiger partial charge on any atom is -0.497 e. The molecule has 0 saturated heterocycles. The van der Waals surface area contributed by atoms with E-state index in [0.29, 0.717) is 11.5 Å². The fourth-order valence-corrected chi connectivity index (χ4v) is 7.71. The van der Waals surface area contributed by atoms with E-state index in [1.807, 2.05) is 67.0 Å². The van der Waals surface area contributed by atoms with Crippen LogP contribution in [0.2, 0.25) is 0 Å². The Bertz CT molecular complexity index is 3190. The summed E-state index contributed by atoms with van der Waals surface area (Å²) in [6.07, 6.45) is 3.75. The largest absolute Gasteiger partial charge is 2.00 e. The predicted octanol–water partition coefficient (Wildman–Crippen LogP) is 11.4. The molecule has 6 nitrogen and oxygen atoms in total. The third-order valence-corrected chi connectivity index (χ3v) is 10.0. The van der Waals surface area contributed by atoms with Crippen molar-refractivity contribution in [1.82, 2.24) is 23.8 Å². The Kier molecular flexibility index (Phi) is 7.60. The monoisotopic (exact) mass is 872 g/mol. The topological polar surface area (TPSA) is 56.7 Å². The van der Waals surface area contributed by atoms with Gasteiger partial charge in [0, 0.05) is 35.0 Å². The summed E-state index contributed by atoms with van der Waals surface area (Å²) in [5.41, 5.74) is 10.7. The number of benzene rings is 6. The van der Waals surface area contributed by atoms with Crippen LogP contribution in [0.4, 0.5) is 0 Å². The molecular weight excluding hydrogens is 846 g/mol. The number of imidazole rings is 2. The van der Waals surface area contributed by atoms with E-state index in [0.717, 1.165) is 88.5 Å². The van der Waals surface area contributed by atoms with Crippen LogP contribution in [0, 0.1) is 12.1 Å². The van der Waals surface area contributed by atoms with Crippen molar-refractivity contribution in [3.8, 4) is 45.3 Å². The van der Waals surface area contributed by atoms with Crippen molar-refractivity contribution in [3.63, 3.8) is 0 Å². The molecule has 11 rings (SSSR count). The van der Waals surface area contributed by atoms with Crippen molar-refractivity contribution in [2.45, 2.75) is 0 Å². The van der Waals surface area contributed by atoms with E-state index in [9.17, 15) is 0 Å². The van der Waals surface area contributed by atoms with Gasteiger partial charge in [-0.15, -0.1) is 12.1 Å². The molecule has 0 N–H and O–H groups in total. The van der Waals surface area contributed by atoms with Gasteiger partial charge in [-0.05, 0) is 34.7 Å². The van der Waals surface area contributed by atoms with Crippen LogP contribution in [-0.4, -0.2) is 23.8 Å². The van der Waals surface area contributed by atoms with Crippen LogP contribution >= 0.6 is 0 Å². The maximum atomic E-state index is 6.61. The number of fused-ring (bicyclic) bond motifs is 12. The summed E-state index contributed by atoms with van der Waals surface area (Å²) in [5, 5.41) is 4.83. The van der Waals surface area contributed by atoms with Gasteiger partial charge in [0.15, 0.2) is 0 Å². The van der Waals surface area contributed by atoms with Crippen LogP contribution < -0.4 is 4.74 Å². The minimum atomic E-state index is 0. The number of para-hydroxylation sites is 1. The van der Waals surface area contributed by atoms with E-state index in [2.05, 4.69) is 118 Å². The predicted molar refractivity (Wildman–Crippen MR) is 212 cm³/mol. The molecule has 5 heterocycles. The Morgan fingerprint density at radius 3 is 1.83 bits per heavy atom. The Balaban J connectivity index is 0.00000361. The number of ether oxygens (including phenoxy) is 1. The quantitative estimate of drug-likeness (QED) is 0.128. The molecule has 0 radical (unpaired) electrons. The molecular formula is C47H27N5OPt. The first-order chi connectivity index (χ1) is 26.3. The fourth-order valence-electron chi connectivity index (χ4n) is 7.71. The molecule has 6 aromatic carbocycles. The van der Waals surface area contributed by atoms with Gasteiger partial charge in [-0.2, -0.15) is 0 Å². The molecule has 0 bridgehead atoms. The molecule has 0 aliphatic carbocycles. The SMILES string of the molecule is [Pt+2].[c-]1c(Oc2[c-]c3c(cc2)c2ncccc2n2c(-c4ccccc4)cnc32)ccc2c1c1nc(-c3ccccc3)c(-c3ccccc3)n1c1ccccc21. The Morgan fingerprint density at radius 2 is 1.09 bits per heavy atom. The second-order valence-electron chi connectivity index (χ2n) is 13.1. The molecule has 0 saturated carbocycles. The first-order valence-electron chi connectivity index (χ1n) is 17.5. The molecule has 0 spiro atoms. The third-order valence-electron chi connectivity index (χ3n) is 10.0. The minimum absolute atomic E-state index is 0. The first-order valence-corrected chi connectivity index (χ1v) is 17.5.